The summed E-state index contributed by atoms with van der Waals surface area (Å²) in [6.07, 6.45) is -0.0352. The third kappa shape index (κ3) is 5.79. The Bertz CT molecular complexity index is 938. The zero-order chi connectivity index (χ0) is 20.7. The lowest BCUT2D eigenvalue weighted by molar-refractivity contribution is -0.139. The van der Waals surface area contributed by atoms with Gasteiger partial charge in [0.25, 0.3) is 0 Å². The molecular weight excluding hydrogens is 493 g/mol. The summed E-state index contributed by atoms with van der Waals surface area (Å²) >= 11 is 2.00. The predicted octanol–water partition coefficient (Wildman–Crippen LogP) is 3.91. The van der Waals surface area contributed by atoms with Crippen LogP contribution in [0.5, 0.6) is 5.75 Å². The summed E-state index contributed by atoms with van der Waals surface area (Å²) < 4.78 is 40.2. The molecule has 0 spiro atoms. The van der Waals surface area contributed by atoms with Crippen LogP contribution in [0.3, 0.4) is 0 Å². The first-order valence-electron chi connectivity index (χ1n) is 8.39. The van der Waals surface area contributed by atoms with E-state index in [1.807, 2.05) is 29.5 Å². The van der Waals surface area contributed by atoms with E-state index in [1.165, 1.54) is 7.11 Å². The maximum Gasteiger partial charge on any atom is 0.309 e. The first-order chi connectivity index (χ1) is 13.3. The van der Waals surface area contributed by atoms with Crippen LogP contribution < -0.4 is 9.46 Å². The highest BCUT2D eigenvalue weighted by Gasteiger charge is 2.26. The number of sulfonamides is 1. The van der Waals surface area contributed by atoms with E-state index in [0.717, 1.165) is 5.56 Å². The Morgan fingerprint density at radius 2 is 1.71 bits per heavy atom. The fourth-order valence-electron chi connectivity index (χ4n) is 2.54. The smallest absolute Gasteiger partial charge is 0.309 e. The zero-order valence-electron chi connectivity index (χ0n) is 15.8. The van der Waals surface area contributed by atoms with Gasteiger partial charge in [-0.15, -0.1) is 0 Å². The van der Waals surface area contributed by atoms with E-state index in [4.69, 9.17) is 9.47 Å². The summed E-state index contributed by atoms with van der Waals surface area (Å²) in [5, 5.41) is 0. The number of carbonyl (C=O) groups is 1. The Balaban J connectivity index is 2.44. The highest BCUT2D eigenvalue weighted by molar-refractivity contribution is 14.1. The molecule has 0 saturated heterocycles. The number of benzene rings is 2. The normalized spacial score (nSPS) is 13.1. The van der Waals surface area contributed by atoms with Crippen molar-refractivity contribution in [3.63, 3.8) is 0 Å². The van der Waals surface area contributed by atoms with Crippen LogP contribution in [0.1, 0.15) is 23.6 Å². The molecule has 150 valence electrons. The van der Waals surface area contributed by atoms with Crippen LogP contribution in [0.4, 0.5) is 0 Å². The maximum absolute atomic E-state index is 12.9. The SMILES string of the molecule is COC(=O)C/C(=C/I)C(NS(=O)(=O)c1ccc(C)cc1)c1ccc(OC)cc1. The number of hydrogen-bond acceptors (Lipinski definition) is 5. The minimum Gasteiger partial charge on any atom is -0.497 e. The number of nitrogens with one attached hydrogen (secondary N) is 1. The fourth-order valence-corrected chi connectivity index (χ4v) is 4.35. The largest absolute Gasteiger partial charge is 0.497 e. The van der Waals surface area contributed by atoms with Crippen molar-refractivity contribution in [2.24, 2.45) is 0 Å². The van der Waals surface area contributed by atoms with E-state index in [-0.39, 0.29) is 11.3 Å². The lowest BCUT2D eigenvalue weighted by atomic mass is 9.98. The number of esters is 1. The number of ether oxygens (including phenoxy) is 2. The highest BCUT2D eigenvalue weighted by Crippen LogP contribution is 2.29. The molecule has 8 heteroatoms. The molecule has 2 aromatic carbocycles. The zero-order valence-corrected chi connectivity index (χ0v) is 18.8. The Morgan fingerprint density at radius 3 is 2.21 bits per heavy atom. The Labute approximate surface area is 179 Å². The van der Waals surface area contributed by atoms with Crippen molar-refractivity contribution in [1.82, 2.24) is 4.72 Å². The summed E-state index contributed by atoms with van der Waals surface area (Å²) in [5.74, 6) is 0.202. The predicted molar refractivity (Wildman–Crippen MR) is 116 cm³/mol. The molecule has 0 amide bonds. The Hall–Kier alpha value is -1.91. The topological polar surface area (TPSA) is 81.7 Å². The molecule has 0 heterocycles. The third-order valence-corrected chi connectivity index (χ3v) is 6.38. The minimum atomic E-state index is -3.82. The van der Waals surface area contributed by atoms with Crippen LogP contribution >= 0.6 is 22.6 Å². The van der Waals surface area contributed by atoms with Gasteiger partial charge < -0.3 is 9.47 Å². The molecule has 0 radical (unpaired) electrons. The van der Waals surface area contributed by atoms with Gasteiger partial charge in [0.05, 0.1) is 31.6 Å². The second-order valence-electron chi connectivity index (χ2n) is 6.08. The van der Waals surface area contributed by atoms with E-state index in [0.29, 0.717) is 16.9 Å². The van der Waals surface area contributed by atoms with Gasteiger partial charge in [-0.3, -0.25) is 4.79 Å². The maximum atomic E-state index is 12.9. The van der Waals surface area contributed by atoms with Crippen LogP contribution in [0.2, 0.25) is 0 Å². The third-order valence-electron chi connectivity index (χ3n) is 4.14. The van der Waals surface area contributed by atoms with Gasteiger partial charge in [0.2, 0.25) is 10.0 Å². The molecule has 0 saturated carbocycles. The highest BCUT2D eigenvalue weighted by atomic mass is 127. The molecule has 0 bridgehead atoms. The number of methoxy groups -OCH3 is 2. The van der Waals surface area contributed by atoms with Crippen molar-refractivity contribution < 1.29 is 22.7 Å². The number of hydrogen-bond donors (Lipinski definition) is 1. The molecule has 0 aliphatic rings. The van der Waals surface area contributed by atoms with E-state index in [2.05, 4.69) is 4.72 Å². The Kier molecular flexibility index (Phi) is 8.02. The van der Waals surface area contributed by atoms with E-state index in [1.54, 1.807) is 59.7 Å². The molecular formula is C20H22INO5S. The lowest BCUT2D eigenvalue weighted by Gasteiger charge is -2.22. The quantitative estimate of drug-likeness (QED) is 0.426. The first kappa shape index (κ1) is 22.4. The van der Waals surface area contributed by atoms with Crippen molar-refractivity contribution >= 4 is 38.6 Å². The molecule has 1 atom stereocenters. The molecule has 0 aliphatic heterocycles. The standard InChI is InChI=1S/C20H22INO5S/c1-14-4-10-18(11-5-14)28(24,25)22-20(16(13-21)12-19(23)27-3)15-6-8-17(26-2)9-7-15/h4-11,13,20,22H,12H2,1-3H3/b16-13-. The number of halogens is 1. The number of rotatable bonds is 8. The van der Waals surface area contributed by atoms with E-state index >= 15 is 0 Å². The van der Waals surface area contributed by atoms with Gasteiger partial charge in [-0.2, -0.15) is 4.72 Å². The van der Waals surface area contributed by atoms with Crippen molar-refractivity contribution in [3.05, 3.63) is 69.3 Å². The summed E-state index contributed by atoms with van der Waals surface area (Å²) in [5.41, 5.74) is 2.22. The average Bonchev–Trinajstić information content (AvgIpc) is 2.70. The van der Waals surface area contributed by atoms with Gasteiger partial charge >= 0.3 is 5.97 Å². The van der Waals surface area contributed by atoms with Crippen molar-refractivity contribution in [3.8, 4) is 5.75 Å². The summed E-state index contributed by atoms with van der Waals surface area (Å²) in [4.78, 5) is 12.0. The average molecular weight is 515 g/mol. The van der Waals surface area contributed by atoms with E-state index < -0.39 is 22.0 Å². The van der Waals surface area contributed by atoms with Crippen molar-refractivity contribution in [2.45, 2.75) is 24.3 Å². The van der Waals surface area contributed by atoms with Crippen LogP contribution in [0, 0.1) is 6.92 Å². The van der Waals surface area contributed by atoms with Gasteiger partial charge in [-0.05, 0) is 46.4 Å². The van der Waals surface area contributed by atoms with Gasteiger partial charge in [0, 0.05) is 0 Å². The molecule has 1 N–H and O–H groups in total. The van der Waals surface area contributed by atoms with Gasteiger partial charge in [0.1, 0.15) is 5.75 Å². The van der Waals surface area contributed by atoms with Crippen molar-refractivity contribution in [2.75, 3.05) is 14.2 Å². The fraction of sp³-hybridized carbons (Fsp3) is 0.250. The van der Waals surface area contributed by atoms with Crippen LogP contribution in [0.15, 0.2) is 63.1 Å². The molecule has 0 fully saturated rings. The molecule has 0 aromatic heterocycles. The minimum absolute atomic E-state index is 0.0352. The lowest BCUT2D eigenvalue weighted by Crippen LogP contribution is -2.30. The molecule has 1 unspecified atom stereocenters. The summed E-state index contributed by atoms with van der Waals surface area (Å²) in [6, 6.07) is 12.9. The van der Waals surface area contributed by atoms with Gasteiger partial charge in [-0.25, -0.2) is 8.42 Å². The molecule has 2 aromatic rings. The number of carbonyl (C=O) groups excluding carboxylic acids is 1. The molecule has 28 heavy (non-hydrogen) atoms. The molecule has 2 rings (SSSR count). The second-order valence-corrected chi connectivity index (χ2v) is 8.41. The van der Waals surface area contributed by atoms with Gasteiger partial charge in [0.15, 0.2) is 0 Å². The van der Waals surface area contributed by atoms with Crippen LogP contribution in [-0.2, 0) is 19.6 Å². The van der Waals surface area contributed by atoms with E-state index in [9.17, 15) is 13.2 Å². The molecule has 0 aliphatic carbocycles. The summed E-state index contributed by atoms with van der Waals surface area (Å²) in [7, 11) is -0.962. The summed E-state index contributed by atoms with van der Waals surface area (Å²) in [6.45, 7) is 1.89. The Morgan fingerprint density at radius 1 is 1.11 bits per heavy atom. The second kappa shape index (κ2) is 10.0. The first-order valence-corrected chi connectivity index (χ1v) is 11.1. The number of aryl methyl sites for hydroxylation is 1. The van der Waals surface area contributed by atoms with Crippen molar-refractivity contribution in [1.29, 1.82) is 0 Å². The monoisotopic (exact) mass is 515 g/mol. The van der Waals surface area contributed by atoms with Crippen LogP contribution in [-0.4, -0.2) is 28.6 Å². The molecule has 6 nitrogen and oxygen atoms in total. The van der Waals surface area contributed by atoms with Gasteiger partial charge in [-0.1, -0.05) is 52.4 Å². The van der Waals surface area contributed by atoms with Crippen LogP contribution in [0.25, 0.3) is 0 Å².